The average molecular weight is 440 g/mol. The zero-order valence-electron chi connectivity index (χ0n) is 18.9. The molecular formula is C24H29N3O5. The van der Waals surface area contributed by atoms with Gasteiger partial charge in [0.25, 0.3) is 5.91 Å². The highest BCUT2D eigenvalue weighted by molar-refractivity contribution is 6.02. The molecule has 1 fully saturated rings. The summed E-state index contributed by atoms with van der Waals surface area (Å²) in [4.78, 5) is 29.0. The third-order valence-corrected chi connectivity index (χ3v) is 5.30. The smallest absolute Gasteiger partial charge is 0.253 e. The lowest BCUT2D eigenvalue weighted by molar-refractivity contribution is -0.111. The average Bonchev–Trinajstić information content (AvgIpc) is 2.82. The van der Waals surface area contributed by atoms with E-state index < -0.39 is 0 Å². The summed E-state index contributed by atoms with van der Waals surface area (Å²) in [6.45, 7) is 3.19. The van der Waals surface area contributed by atoms with Crippen LogP contribution >= 0.6 is 0 Å². The minimum absolute atomic E-state index is 0.0123. The van der Waals surface area contributed by atoms with Crippen molar-refractivity contribution in [2.75, 3.05) is 59.9 Å². The van der Waals surface area contributed by atoms with Crippen LogP contribution < -0.4 is 19.5 Å². The summed E-state index contributed by atoms with van der Waals surface area (Å²) < 4.78 is 16.0. The lowest BCUT2D eigenvalue weighted by Gasteiger charge is -2.32. The molecule has 8 heteroatoms. The van der Waals surface area contributed by atoms with Crippen LogP contribution in [0.25, 0.3) is 6.08 Å². The highest BCUT2D eigenvalue weighted by atomic mass is 16.5. The molecule has 32 heavy (non-hydrogen) atoms. The number of benzene rings is 2. The Kier molecular flexibility index (Phi) is 7.72. The summed E-state index contributed by atoms with van der Waals surface area (Å²) in [5.74, 6) is 1.22. The van der Waals surface area contributed by atoms with Gasteiger partial charge in [-0.2, -0.15) is 0 Å². The van der Waals surface area contributed by atoms with E-state index in [-0.39, 0.29) is 11.8 Å². The van der Waals surface area contributed by atoms with Crippen molar-refractivity contribution in [3.05, 3.63) is 53.6 Å². The van der Waals surface area contributed by atoms with E-state index in [1.807, 2.05) is 4.90 Å². The molecule has 0 bridgehead atoms. The number of carbonyl (C=O) groups is 2. The van der Waals surface area contributed by atoms with Crippen molar-refractivity contribution in [3.8, 4) is 17.2 Å². The number of ether oxygens (including phenoxy) is 3. The first-order valence-corrected chi connectivity index (χ1v) is 10.3. The Morgan fingerprint density at radius 2 is 1.50 bits per heavy atom. The van der Waals surface area contributed by atoms with Crippen LogP contribution in [-0.4, -0.2) is 76.2 Å². The largest absolute Gasteiger partial charge is 0.493 e. The van der Waals surface area contributed by atoms with E-state index in [1.54, 1.807) is 42.5 Å². The Morgan fingerprint density at radius 3 is 2.03 bits per heavy atom. The summed E-state index contributed by atoms with van der Waals surface area (Å²) in [5.41, 5.74) is 1.95. The van der Waals surface area contributed by atoms with Gasteiger partial charge in [-0.05, 0) is 55.1 Å². The quantitative estimate of drug-likeness (QED) is 0.669. The van der Waals surface area contributed by atoms with E-state index in [9.17, 15) is 9.59 Å². The monoisotopic (exact) mass is 439 g/mol. The van der Waals surface area contributed by atoms with Crippen molar-refractivity contribution in [3.63, 3.8) is 0 Å². The van der Waals surface area contributed by atoms with Gasteiger partial charge in [-0.3, -0.25) is 9.59 Å². The molecule has 8 nitrogen and oxygen atoms in total. The van der Waals surface area contributed by atoms with Gasteiger partial charge in [0.15, 0.2) is 11.5 Å². The molecule has 2 aromatic carbocycles. The SMILES string of the molecule is COc1cc(/C=C/C(=O)Nc2ccc(C(=O)N3CCN(C)CC3)cc2)cc(OC)c1OC. The second-order valence-corrected chi connectivity index (χ2v) is 7.45. The van der Waals surface area contributed by atoms with Gasteiger partial charge in [0.05, 0.1) is 21.3 Å². The molecular weight excluding hydrogens is 410 g/mol. The summed E-state index contributed by atoms with van der Waals surface area (Å²) in [6.07, 6.45) is 3.08. The van der Waals surface area contributed by atoms with Crippen molar-refractivity contribution in [2.24, 2.45) is 0 Å². The molecule has 1 saturated heterocycles. The molecule has 0 unspecified atom stereocenters. The van der Waals surface area contributed by atoms with Gasteiger partial charge in [-0.1, -0.05) is 0 Å². The molecule has 2 amide bonds. The highest BCUT2D eigenvalue weighted by Crippen LogP contribution is 2.38. The summed E-state index contributed by atoms with van der Waals surface area (Å²) >= 11 is 0. The van der Waals surface area contributed by atoms with Crippen molar-refractivity contribution in [2.45, 2.75) is 0 Å². The number of piperazine rings is 1. The second-order valence-electron chi connectivity index (χ2n) is 7.45. The lowest BCUT2D eigenvalue weighted by Crippen LogP contribution is -2.47. The predicted molar refractivity (Wildman–Crippen MR) is 124 cm³/mol. The maximum Gasteiger partial charge on any atom is 0.253 e. The number of hydrogen-bond acceptors (Lipinski definition) is 6. The molecule has 0 aromatic heterocycles. The molecule has 0 atom stereocenters. The van der Waals surface area contributed by atoms with Gasteiger partial charge in [0.2, 0.25) is 11.7 Å². The molecule has 1 heterocycles. The minimum Gasteiger partial charge on any atom is -0.493 e. The van der Waals surface area contributed by atoms with Crippen LogP contribution in [0.2, 0.25) is 0 Å². The number of anilines is 1. The molecule has 0 spiro atoms. The Hall–Kier alpha value is -3.52. The number of carbonyl (C=O) groups excluding carboxylic acids is 2. The summed E-state index contributed by atoms with van der Waals surface area (Å²) in [6, 6.07) is 10.4. The van der Waals surface area contributed by atoms with E-state index in [0.717, 1.165) is 31.7 Å². The van der Waals surface area contributed by atoms with E-state index >= 15 is 0 Å². The molecule has 0 radical (unpaired) electrons. The third-order valence-electron chi connectivity index (χ3n) is 5.30. The lowest BCUT2D eigenvalue weighted by atomic mass is 10.1. The summed E-state index contributed by atoms with van der Waals surface area (Å²) in [5, 5.41) is 2.80. The highest BCUT2D eigenvalue weighted by Gasteiger charge is 2.20. The van der Waals surface area contributed by atoms with Crippen LogP contribution in [0.1, 0.15) is 15.9 Å². The first kappa shape index (κ1) is 23.1. The molecule has 3 rings (SSSR count). The number of amides is 2. The van der Waals surface area contributed by atoms with Crippen molar-refractivity contribution >= 4 is 23.6 Å². The molecule has 1 N–H and O–H groups in total. The predicted octanol–water partition coefficient (Wildman–Crippen LogP) is 2.75. The number of nitrogens with zero attached hydrogens (tertiary/aromatic N) is 2. The zero-order valence-corrected chi connectivity index (χ0v) is 18.9. The molecule has 2 aromatic rings. The van der Waals surface area contributed by atoms with Crippen LogP contribution in [0.5, 0.6) is 17.2 Å². The number of rotatable bonds is 7. The van der Waals surface area contributed by atoms with Crippen LogP contribution in [0.4, 0.5) is 5.69 Å². The topological polar surface area (TPSA) is 80.3 Å². The van der Waals surface area contributed by atoms with Gasteiger partial charge in [-0.15, -0.1) is 0 Å². The van der Waals surface area contributed by atoms with Gasteiger partial charge < -0.3 is 29.3 Å². The summed E-state index contributed by atoms with van der Waals surface area (Å²) in [7, 11) is 6.66. The Morgan fingerprint density at radius 1 is 0.906 bits per heavy atom. The van der Waals surface area contributed by atoms with Crippen LogP contribution in [-0.2, 0) is 4.79 Å². The Labute approximate surface area is 188 Å². The third kappa shape index (κ3) is 5.59. The first-order valence-electron chi connectivity index (χ1n) is 10.3. The van der Waals surface area contributed by atoms with E-state index in [4.69, 9.17) is 14.2 Å². The fourth-order valence-electron chi connectivity index (χ4n) is 3.44. The minimum atomic E-state index is -0.295. The molecule has 0 saturated carbocycles. The number of hydrogen-bond donors (Lipinski definition) is 1. The van der Waals surface area contributed by atoms with Crippen molar-refractivity contribution < 1.29 is 23.8 Å². The number of methoxy groups -OCH3 is 3. The van der Waals surface area contributed by atoms with Gasteiger partial charge in [0, 0.05) is 43.5 Å². The van der Waals surface area contributed by atoms with Crippen LogP contribution in [0, 0.1) is 0 Å². The van der Waals surface area contributed by atoms with Gasteiger partial charge >= 0.3 is 0 Å². The van der Waals surface area contributed by atoms with Crippen LogP contribution in [0.3, 0.4) is 0 Å². The maximum atomic E-state index is 12.6. The van der Waals surface area contributed by atoms with E-state index in [0.29, 0.717) is 28.5 Å². The Balaban J connectivity index is 1.62. The Bertz CT molecular complexity index is 955. The molecule has 0 aliphatic carbocycles. The molecule has 1 aliphatic heterocycles. The van der Waals surface area contributed by atoms with Crippen LogP contribution in [0.15, 0.2) is 42.5 Å². The zero-order chi connectivity index (χ0) is 23.1. The standard InChI is InChI=1S/C24H29N3O5/c1-26-11-13-27(14-12-26)24(29)18-6-8-19(9-7-18)25-22(28)10-5-17-15-20(30-2)23(32-4)21(16-17)31-3/h5-10,15-16H,11-14H2,1-4H3,(H,25,28)/b10-5+. The fraction of sp³-hybridized carbons (Fsp3) is 0.333. The number of nitrogens with one attached hydrogen (secondary N) is 1. The second kappa shape index (κ2) is 10.7. The number of likely N-dealkylation sites (N-methyl/N-ethyl adjacent to an activating group) is 1. The van der Waals surface area contributed by atoms with Gasteiger partial charge in [-0.25, -0.2) is 0 Å². The maximum absolute atomic E-state index is 12.6. The van der Waals surface area contributed by atoms with Crippen molar-refractivity contribution in [1.29, 1.82) is 0 Å². The van der Waals surface area contributed by atoms with Crippen molar-refractivity contribution in [1.82, 2.24) is 9.80 Å². The van der Waals surface area contributed by atoms with E-state index in [2.05, 4.69) is 17.3 Å². The van der Waals surface area contributed by atoms with Gasteiger partial charge in [0.1, 0.15) is 0 Å². The molecule has 1 aliphatic rings. The fourth-order valence-corrected chi connectivity index (χ4v) is 3.44. The normalized spacial score (nSPS) is 14.3. The van der Waals surface area contributed by atoms with E-state index in [1.165, 1.54) is 27.4 Å². The first-order chi connectivity index (χ1) is 15.4. The molecule has 170 valence electrons.